The minimum atomic E-state index is -0.963. The number of carboxylic acid groups (broad SMARTS) is 1. The second-order valence-electron chi connectivity index (χ2n) is 7.22. The van der Waals surface area contributed by atoms with E-state index in [9.17, 15) is 19.5 Å². The third-order valence-corrected chi connectivity index (χ3v) is 5.51. The zero-order valence-corrected chi connectivity index (χ0v) is 15.7. The van der Waals surface area contributed by atoms with Gasteiger partial charge >= 0.3 is 5.97 Å². The summed E-state index contributed by atoms with van der Waals surface area (Å²) in [6.07, 6.45) is 1.60. The van der Waals surface area contributed by atoms with Gasteiger partial charge in [0.15, 0.2) is 6.61 Å². The average Bonchev–Trinajstić information content (AvgIpc) is 2.96. The molecule has 27 heavy (non-hydrogen) atoms. The first kappa shape index (κ1) is 19.1. The normalized spacial score (nSPS) is 21.2. The number of aromatic nitrogens is 1. The van der Waals surface area contributed by atoms with Gasteiger partial charge in [0.05, 0.1) is 17.2 Å². The Balaban J connectivity index is 1.58. The van der Waals surface area contributed by atoms with Crippen LogP contribution >= 0.6 is 0 Å². The van der Waals surface area contributed by atoms with Gasteiger partial charge in [0, 0.05) is 25.2 Å². The highest BCUT2D eigenvalue weighted by Crippen LogP contribution is 2.36. The molecule has 0 radical (unpaired) electrons. The molecule has 2 fully saturated rings. The Hall–Kier alpha value is -2.64. The predicted molar refractivity (Wildman–Crippen MR) is 96.3 cm³/mol. The van der Waals surface area contributed by atoms with Crippen LogP contribution in [0.3, 0.4) is 0 Å². The van der Waals surface area contributed by atoms with Gasteiger partial charge in [0.1, 0.15) is 5.75 Å². The molecule has 2 N–H and O–H groups in total. The van der Waals surface area contributed by atoms with Gasteiger partial charge in [-0.25, -0.2) is 0 Å². The van der Waals surface area contributed by atoms with Crippen molar-refractivity contribution in [3.63, 3.8) is 0 Å². The lowest BCUT2D eigenvalue weighted by molar-refractivity contribution is -0.145. The number of likely N-dealkylation sites (tertiary alicyclic amines) is 1. The Kier molecular flexibility index (Phi) is 5.34. The number of piperidine rings is 1. The van der Waals surface area contributed by atoms with Crippen LogP contribution in [0, 0.1) is 12.8 Å². The van der Waals surface area contributed by atoms with Crippen molar-refractivity contribution in [3.05, 3.63) is 23.5 Å². The van der Waals surface area contributed by atoms with Crippen molar-refractivity contribution in [2.24, 2.45) is 5.92 Å². The van der Waals surface area contributed by atoms with Crippen LogP contribution in [0.5, 0.6) is 5.75 Å². The number of rotatable bonds is 5. The average molecular weight is 375 g/mol. The lowest BCUT2D eigenvalue weighted by atomic mass is 9.78. The first-order chi connectivity index (χ1) is 12.8. The summed E-state index contributed by atoms with van der Waals surface area (Å²) in [5.41, 5.74) is 0.980. The number of carbonyl (C=O) groups excluding carboxylic acids is 2. The number of hydrogen-bond acceptors (Lipinski definition) is 5. The molecule has 146 valence electrons. The zero-order chi connectivity index (χ0) is 19.6. The second-order valence-corrected chi connectivity index (χ2v) is 7.22. The van der Waals surface area contributed by atoms with Crippen molar-refractivity contribution in [3.8, 4) is 5.75 Å². The maximum absolute atomic E-state index is 12.5. The van der Waals surface area contributed by atoms with Gasteiger partial charge in [-0.15, -0.1) is 0 Å². The molecule has 8 nitrogen and oxygen atoms in total. The van der Waals surface area contributed by atoms with Crippen molar-refractivity contribution in [1.29, 1.82) is 0 Å². The topological polar surface area (TPSA) is 109 Å². The molecule has 0 unspecified atom stereocenters. The highest BCUT2D eigenvalue weighted by Gasteiger charge is 2.51. The van der Waals surface area contributed by atoms with E-state index in [1.165, 1.54) is 0 Å². The molecule has 2 saturated heterocycles. The number of amides is 2. The number of carboxylic acids is 1. The maximum atomic E-state index is 12.5. The summed E-state index contributed by atoms with van der Waals surface area (Å²) >= 11 is 0. The number of ether oxygens (including phenoxy) is 1. The molecular formula is C19H25N3O5. The Morgan fingerprint density at radius 1 is 1.37 bits per heavy atom. The number of pyridine rings is 1. The first-order valence-electron chi connectivity index (χ1n) is 9.25. The Bertz CT molecular complexity index is 756. The Morgan fingerprint density at radius 3 is 2.70 bits per heavy atom. The molecule has 3 heterocycles. The van der Waals surface area contributed by atoms with E-state index in [0.717, 1.165) is 11.4 Å². The molecule has 1 aromatic heterocycles. The van der Waals surface area contributed by atoms with Crippen molar-refractivity contribution in [2.75, 3.05) is 19.7 Å². The van der Waals surface area contributed by atoms with E-state index >= 15 is 0 Å². The lowest BCUT2D eigenvalue weighted by Gasteiger charge is -2.41. The maximum Gasteiger partial charge on any atom is 0.309 e. The summed E-state index contributed by atoms with van der Waals surface area (Å²) in [6, 6.07) is 3.67. The van der Waals surface area contributed by atoms with Gasteiger partial charge < -0.3 is 20.1 Å². The fourth-order valence-electron chi connectivity index (χ4n) is 3.96. The number of aryl methyl sites for hydroxylation is 2. The van der Waals surface area contributed by atoms with E-state index in [1.54, 1.807) is 4.90 Å². The number of nitrogens with zero attached hydrogens (tertiary/aromatic N) is 2. The van der Waals surface area contributed by atoms with Crippen LogP contribution in [0.1, 0.15) is 37.6 Å². The number of aliphatic carboxylic acids is 1. The van der Waals surface area contributed by atoms with Gasteiger partial charge in [-0.2, -0.15) is 0 Å². The van der Waals surface area contributed by atoms with Crippen LogP contribution in [0.15, 0.2) is 12.1 Å². The molecule has 3 rings (SSSR count). The number of carbonyl (C=O) groups is 3. The molecule has 0 aromatic carbocycles. The summed E-state index contributed by atoms with van der Waals surface area (Å²) < 4.78 is 5.67. The zero-order valence-electron chi connectivity index (χ0n) is 15.7. The fraction of sp³-hybridized carbons (Fsp3) is 0.579. The van der Waals surface area contributed by atoms with Crippen LogP contribution < -0.4 is 10.1 Å². The molecule has 0 aliphatic carbocycles. The predicted octanol–water partition coefficient (Wildman–Crippen LogP) is 0.913. The van der Waals surface area contributed by atoms with Crippen molar-refractivity contribution in [1.82, 2.24) is 15.2 Å². The second kappa shape index (κ2) is 7.54. The van der Waals surface area contributed by atoms with Gasteiger partial charge in [-0.05, 0) is 38.3 Å². The molecule has 2 aliphatic heterocycles. The Labute approximate surface area is 157 Å². The monoisotopic (exact) mass is 375 g/mol. The van der Waals surface area contributed by atoms with E-state index in [-0.39, 0.29) is 24.8 Å². The van der Waals surface area contributed by atoms with Gasteiger partial charge in [-0.1, -0.05) is 6.92 Å². The molecular weight excluding hydrogens is 350 g/mol. The standard InChI is InChI=1S/C19H25N3O5/c1-3-14-15(5-4-12(2)20-14)27-11-17(24)22-8-6-19(7-9-22)13(18(25)26)10-16(23)21-19/h4-5,13H,3,6-11H2,1-2H3,(H,21,23)(H,25,26)/t13-/m0/s1. The quantitative estimate of drug-likeness (QED) is 0.792. The van der Waals surface area contributed by atoms with Crippen molar-refractivity contribution < 1.29 is 24.2 Å². The van der Waals surface area contributed by atoms with Crippen LogP contribution in [-0.2, 0) is 20.8 Å². The van der Waals surface area contributed by atoms with E-state index < -0.39 is 17.4 Å². The van der Waals surface area contributed by atoms with E-state index in [1.807, 2.05) is 26.0 Å². The van der Waals surface area contributed by atoms with E-state index in [2.05, 4.69) is 10.3 Å². The van der Waals surface area contributed by atoms with Gasteiger partial charge in [-0.3, -0.25) is 19.4 Å². The molecule has 0 saturated carbocycles. The molecule has 1 atom stereocenters. The third kappa shape index (κ3) is 3.89. The molecule has 1 spiro atoms. The van der Waals surface area contributed by atoms with Gasteiger partial charge in [0.25, 0.3) is 5.91 Å². The van der Waals surface area contributed by atoms with Crippen molar-refractivity contribution >= 4 is 17.8 Å². The lowest BCUT2D eigenvalue weighted by Crippen LogP contribution is -2.57. The molecule has 1 aromatic rings. The van der Waals surface area contributed by atoms with Crippen LogP contribution in [0.25, 0.3) is 0 Å². The van der Waals surface area contributed by atoms with Crippen LogP contribution in [0.2, 0.25) is 0 Å². The summed E-state index contributed by atoms with van der Waals surface area (Å²) in [5.74, 6) is -1.47. The summed E-state index contributed by atoms with van der Waals surface area (Å²) in [5, 5.41) is 12.2. The van der Waals surface area contributed by atoms with Gasteiger partial charge in [0.2, 0.25) is 5.91 Å². The number of hydrogen-bond donors (Lipinski definition) is 2. The van der Waals surface area contributed by atoms with Crippen molar-refractivity contribution in [2.45, 2.75) is 45.1 Å². The number of nitrogens with one attached hydrogen (secondary N) is 1. The smallest absolute Gasteiger partial charge is 0.309 e. The van der Waals surface area contributed by atoms with Crippen LogP contribution in [-0.4, -0.2) is 58.0 Å². The largest absolute Gasteiger partial charge is 0.482 e. The summed E-state index contributed by atoms with van der Waals surface area (Å²) in [4.78, 5) is 41.8. The summed E-state index contributed by atoms with van der Waals surface area (Å²) in [6.45, 7) is 4.61. The van der Waals surface area contributed by atoms with E-state index in [4.69, 9.17) is 4.74 Å². The first-order valence-corrected chi connectivity index (χ1v) is 9.25. The minimum absolute atomic E-state index is 0.00656. The fourth-order valence-corrected chi connectivity index (χ4v) is 3.96. The highest BCUT2D eigenvalue weighted by molar-refractivity contribution is 5.88. The van der Waals surface area contributed by atoms with Crippen LogP contribution in [0.4, 0.5) is 0 Å². The SMILES string of the molecule is CCc1nc(C)ccc1OCC(=O)N1CCC2(CC1)NC(=O)C[C@H]2C(=O)O. The molecule has 2 amide bonds. The molecule has 2 aliphatic rings. The molecule has 0 bridgehead atoms. The minimum Gasteiger partial charge on any atom is -0.482 e. The summed E-state index contributed by atoms with van der Waals surface area (Å²) in [7, 11) is 0. The highest BCUT2D eigenvalue weighted by atomic mass is 16.5. The Morgan fingerprint density at radius 2 is 2.07 bits per heavy atom. The third-order valence-electron chi connectivity index (χ3n) is 5.51. The molecule has 8 heteroatoms. The van der Waals surface area contributed by atoms with E-state index in [0.29, 0.717) is 38.1 Å².